The maximum atomic E-state index is 12.7. The summed E-state index contributed by atoms with van der Waals surface area (Å²) in [6.07, 6.45) is 1.71. The summed E-state index contributed by atoms with van der Waals surface area (Å²) in [5.41, 5.74) is 3.69. The van der Waals surface area contributed by atoms with Crippen LogP contribution in [0.4, 0.5) is 0 Å². The van der Waals surface area contributed by atoms with Gasteiger partial charge in [0.05, 0.1) is 5.56 Å². The van der Waals surface area contributed by atoms with Gasteiger partial charge in [-0.25, -0.2) is 4.79 Å². The van der Waals surface area contributed by atoms with Gasteiger partial charge in [0.25, 0.3) is 5.91 Å². The zero-order chi connectivity index (χ0) is 23.2. The van der Waals surface area contributed by atoms with Gasteiger partial charge in [-0.15, -0.1) is 0 Å². The zero-order valence-corrected chi connectivity index (χ0v) is 20.0. The summed E-state index contributed by atoms with van der Waals surface area (Å²) < 4.78 is 5.34. The highest BCUT2D eigenvalue weighted by atomic mass is 16.5. The first-order chi connectivity index (χ1) is 14.4. The van der Waals surface area contributed by atoms with E-state index in [2.05, 4.69) is 65.1 Å². The van der Waals surface area contributed by atoms with Gasteiger partial charge in [-0.3, -0.25) is 4.79 Å². The Kier molecular flexibility index (Phi) is 8.05. The van der Waals surface area contributed by atoms with Gasteiger partial charge in [0.2, 0.25) is 0 Å². The first-order valence-electron chi connectivity index (χ1n) is 11.0. The number of benzene rings is 2. The van der Waals surface area contributed by atoms with Crippen molar-refractivity contribution in [3.05, 3.63) is 70.8 Å². The van der Waals surface area contributed by atoms with Crippen LogP contribution >= 0.6 is 0 Å². The molecule has 2 aromatic carbocycles. The second kappa shape index (κ2) is 10.1. The molecule has 0 aliphatic rings. The average Bonchev–Trinajstić information content (AvgIpc) is 2.69. The Labute approximate surface area is 187 Å². The lowest BCUT2D eigenvalue weighted by Crippen LogP contribution is -2.36. The molecule has 0 spiro atoms. The van der Waals surface area contributed by atoms with E-state index in [1.54, 1.807) is 0 Å². The first kappa shape index (κ1) is 24.6. The molecule has 0 heterocycles. The summed E-state index contributed by atoms with van der Waals surface area (Å²) >= 11 is 0. The van der Waals surface area contributed by atoms with Gasteiger partial charge in [-0.05, 0) is 59.4 Å². The molecule has 0 fully saturated rings. The van der Waals surface area contributed by atoms with Crippen LogP contribution in [0.2, 0.25) is 0 Å². The Balaban J connectivity index is 1.96. The molecule has 0 aliphatic heterocycles. The molecule has 2 aromatic rings. The van der Waals surface area contributed by atoms with E-state index < -0.39 is 5.97 Å². The van der Waals surface area contributed by atoms with Crippen molar-refractivity contribution in [3.8, 4) is 0 Å². The second-order valence-electron chi connectivity index (χ2n) is 10.4. The summed E-state index contributed by atoms with van der Waals surface area (Å²) in [4.78, 5) is 25.0. The molecule has 0 aliphatic carbocycles. The Morgan fingerprint density at radius 2 is 1.45 bits per heavy atom. The molecular formula is C27H37NO3. The maximum Gasteiger partial charge on any atom is 0.338 e. The van der Waals surface area contributed by atoms with Crippen LogP contribution in [-0.2, 0) is 26.8 Å². The molecule has 0 bridgehead atoms. The summed E-state index contributed by atoms with van der Waals surface area (Å²) in [6.45, 7) is 14.4. The summed E-state index contributed by atoms with van der Waals surface area (Å²) in [5.74, 6) is -0.749. The average molecular weight is 424 g/mol. The topological polar surface area (TPSA) is 55.4 Å². The van der Waals surface area contributed by atoms with E-state index in [1.807, 2.05) is 37.3 Å². The highest BCUT2D eigenvalue weighted by Gasteiger charge is 2.23. The van der Waals surface area contributed by atoms with Crippen LogP contribution in [0, 0.1) is 0 Å². The predicted molar refractivity (Wildman–Crippen MR) is 126 cm³/mol. The number of hydrogen-bond donors (Lipinski definition) is 1. The van der Waals surface area contributed by atoms with E-state index in [9.17, 15) is 9.59 Å². The number of amides is 1. The van der Waals surface area contributed by atoms with Gasteiger partial charge < -0.3 is 10.1 Å². The van der Waals surface area contributed by atoms with Crippen LogP contribution < -0.4 is 5.32 Å². The number of carbonyl (C=O) groups excluding carboxylic acids is 2. The molecule has 0 saturated heterocycles. The monoisotopic (exact) mass is 423 g/mol. The lowest BCUT2D eigenvalue weighted by Gasteiger charge is -2.25. The van der Waals surface area contributed by atoms with Crippen molar-refractivity contribution >= 4 is 11.9 Å². The quantitative estimate of drug-likeness (QED) is 0.592. The van der Waals surface area contributed by atoms with Gasteiger partial charge in [0, 0.05) is 6.04 Å². The zero-order valence-electron chi connectivity index (χ0n) is 20.0. The van der Waals surface area contributed by atoms with Crippen LogP contribution in [0.1, 0.15) is 81.9 Å². The molecule has 1 N–H and O–H groups in total. The molecule has 4 heteroatoms. The third kappa shape index (κ3) is 7.86. The number of esters is 1. The minimum Gasteiger partial charge on any atom is -0.452 e. The Morgan fingerprint density at radius 3 is 1.97 bits per heavy atom. The van der Waals surface area contributed by atoms with Crippen molar-refractivity contribution in [1.29, 1.82) is 0 Å². The number of carbonyl (C=O) groups is 2. The van der Waals surface area contributed by atoms with Crippen LogP contribution in [0.3, 0.4) is 0 Å². The third-order valence-corrected chi connectivity index (χ3v) is 5.35. The number of rotatable bonds is 7. The molecule has 4 nitrogen and oxygen atoms in total. The van der Waals surface area contributed by atoms with Crippen molar-refractivity contribution in [1.82, 2.24) is 5.32 Å². The van der Waals surface area contributed by atoms with Crippen molar-refractivity contribution in [3.63, 3.8) is 0 Å². The van der Waals surface area contributed by atoms with Crippen molar-refractivity contribution < 1.29 is 14.3 Å². The number of aryl methyl sites for hydroxylation is 1. The molecule has 1 unspecified atom stereocenters. The number of ether oxygens (including phenoxy) is 1. The summed E-state index contributed by atoms with van der Waals surface area (Å²) in [7, 11) is 0. The van der Waals surface area contributed by atoms with Crippen LogP contribution in [0.25, 0.3) is 0 Å². The highest BCUT2D eigenvalue weighted by Crippen LogP contribution is 2.30. The smallest absolute Gasteiger partial charge is 0.338 e. The Morgan fingerprint density at radius 1 is 0.903 bits per heavy atom. The van der Waals surface area contributed by atoms with Gasteiger partial charge in [0.15, 0.2) is 6.61 Å². The normalized spacial score (nSPS) is 12.9. The standard InChI is InChI=1S/C27H37NO3/c1-19(13-14-20-11-9-8-10-12-20)28-24(29)18-31-25(30)21-15-22(26(2,3)4)17-23(16-21)27(5,6)7/h8-12,15-17,19H,13-14,18H2,1-7H3,(H,28,29). The molecule has 0 aromatic heterocycles. The van der Waals surface area contributed by atoms with E-state index in [4.69, 9.17) is 4.74 Å². The van der Waals surface area contributed by atoms with E-state index >= 15 is 0 Å². The lowest BCUT2D eigenvalue weighted by atomic mass is 9.79. The van der Waals surface area contributed by atoms with Crippen LogP contribution in [0.15, 0.2) is 48.5 Å². The van der Waals surface area contributed by atoms with E-state index in [-0.39, 0.29) is 29.4 Å². The summed E-state index contributed by atoms with van der Waals surface area (Å²) in [5, 5.41) is 2.91. The van der Waals surface area contributed by atoms with Crippen molar-refractivity contribution in [2.24, 2.45) is 0 Å². The Hall–Kier alpha value is -2.62. The second-order valence-corrected chi connectivity index (χ2v) is 10.4. The van der Waals surface area contributed by atoms with E-state index in [1.165, 1.54) is 5.56 Å². The highest BCUT2D eigenvalue weighted by molar-refractivity contribution is 5.92. The van der Waals surface area contributed by atoms with Gasteiger partial charge in [-0.2, -0.15) is 0 Å². The largest absolute Gasteiger partial charge is 0.452 e. The Bertz CT molecular complexity index is 857. The van der Waals surface area contributed by atoms with Crippen LogP contribution in [0.5, 0.6) is 0 Å². The molecule has 168 valence electrons. The van der Waals surface area contributed by atoms with Gasteiger partial charge in [-0.1, -0.05) is 77.9 Å². The maximum absolute atomic E-state index is 12.7. The van der Waals surface area contributed by atoms with Gasteiger partial charge >= 0.3 is 5.97 Å². The van der Waals surface area contributed by atoms with E-state index in [0.29, 0.717) is 5.56 Å². The fourth-order valence-electron chi connectivity index (χ4n) is 3.24. The molecule has 0 saturated carbocycles. The number of hydrogen-bond acceptors (Lipinski definition) is 3. The van der Waals surface area contributed by atoms with Crippen LogP contribution in [-0.4, -0.2) is 24.5 Å². The number of nitrogens with one attached hydrogen (secondary N) is 1. The fraction of sp³-hybridized carbons (Fsp3) is 0.481. The fourth-order valence-corrected chi connectivity index (χ4v) is 3.24. The molecule has 1 atom stereocenters. The molecule has 1 amide bonds. The minimum atomic E-state index is -0.469. The molecular weight excluding hydrogens is 386 g/mol. The SMILES string of the molecule is CC(CCc1ccccc1)NC(=O)COC(=O)c1cc(C(C)(C)C)cc(C(C)(C)C)c1. The first-order valence-corrected chi connectivity index (χ1v) is 11.0. The van der Waals surface area contributed by atoms with Crippen molar-refractivity contribution in [2.45, 2.75) is 78.2 Å². The summed E-state index contributed by atoms with van der Waals surface area (Å²) in [6, 6.07) is 16.1. The predicted octanol–water partition coefficient (Wildman–Crippen LogP) is 5.58. The minimum absolute atomic E-state index is 0.00289. The molecule has 2 rings (SSSR count). The lowest BCUT2D eigenvalue weighted by molar-refractivity contribution is -0.124. The van der Waals surface area contributed by atoms with Crippen molar-refractivity contribution in [2.75, 3.05) is 6.61 Å². The molecule has 31 heavy (non-hydrogen) atoms. The third-order valence-electron chi connectivity index (χ3n) is 5.35. The van der Waals surface area contributed by atoms with Gasteiger partial charge in [0.1, 0.15) is 0 Å². The van der Waals surface area contributed by atoms with E-state index in [0.717, 1.165) is 24.0 Å². The molecule has 0 radical (unpaired) electrons.